The normalized spacial score (nSPS) is 9.70. The monoisotopic (exact) mass is 156 g/mol. The number of carbonyl (C=O) groups is 1. The zero-order valence-corrected chi connectivity index (χ0v) is 6.23. The molecule has 53 valence electrons. The van der Waals surface area contributed by atoms with Crippen molar-refractivity contribution >= 4 is 17.3 Å². The summed E-state index contributed by atoms with van der Waals surface area (Å²) >= 11 is 1.26. The molecule has 1 aromatic heterocycles. The van der Waals surface area contributed by atoms with Crippen LogP contribution in [-0.4, -0.2) is 16.1 Å². The molecule has 1 radical (unpaired) electrons. The number of aliphatic carboxylic acids is 1. The topological polar surface area (TPSA) is 50.2 Å². The number of thiazole rings is 1. The molecule has 0 saturated carbocycles. The first-order valence-corrected chi connectivity index (χ1v) is 3.56. The summed E-state index contributed by atoms with van der Waals surface area (Å²) in [7, 11) is 0. The fourth-order valence-electron chi connectivity index (χ4n) is 0.584. The first-order valence-electron chi connectivity index (χ1n) is 2.74. The Labute approximate surface area is 62.3 Å². The average Bonchev–Trinajstić information content (AvgIpc) is 2.15. The summed E-state index contributed by atoms with van der Waals surface area (Å²) in [5, 5.41) is 8.37. The average molecular weight is 156 g/mol. The maximum atomic E-state index is 10.2. The molecule has 0 spiro atoms. The zero-order chi connectivity index (χ0) is 7.56. The van der Waals surface area contributed by atoms with E-state index in [1.165, 1.54) is 11.3 Å². The van der Waals surface area contributed by atoms with Gasteiger partial charge in [0.25, 0.3) is 0 Å². The van der Waals surface area contributed by atoms with Gasteiger partial charge in [0.05, 0.1) is 12.1 Å². The van der Waals surface area contributed by atoms with Gasteiger partial charge in [-0.1, -0.05) is 0 Å². The molecule has 0 aromatic carbocycles. The molecule has 3 nitrogen and oxygen atoms in total. The van der Waals surface area contributed by atoms with Crippen molar-refractivity contribution in [3.05, 3.63) is 16.1 Å². The van der Waals surface area contributed by atoms with Crippen LogP contribution < -0.4 is 0 Å². The minimum atomic E-state index is -0.819. The molecule has 1 rings (SSSR count). The van der Waals surface area contributed by atoms with Crippen molar-refractivity contribution in [3.63, 3.8) is 0 Å². The Kier molecular flexibility index (Phi) is 2.01. The third-order valence-corrected chi connectivity index (χ3v) is 1.97. The largest absolute Gasteiger partial charge is 0.481 e. The minimum Gasteiger partial charge on any atom is -0.481 e. The summed E-state index contributed by atoms with van der Waals surface area (Å²) < 4.78 is 0. The summed E-state index contributed by atoms with van der Waals surface area (Å²) in [6, 6.07) is 0. The molecule has 0 fully saturated rings. The summed E-state index contributed by atoms with van der Waals surface area (Å²) in [5.74, 6) is -0.819. The quantitative estimate of drug-likeness (QED) is 0.691. The third kappa shape index (κ3) is 1.54. The van der Waals surface area contributed by atoms with Crippen molar-refractivity contribution in [2.45, 2.75) is 13.3 Å². The molecule has 10 heavy (non-hydrogen) atoms. The van der Waals surface area contributed by atoms with Gasteiger partial charge in [0, 0.05) is 4.88 Å². The van der Waals surface area contributed by atoms with E-state index in [0.717, 1.165) is 10.6 Å². The lowest BCUT2D eigenvalue weighted by Gasteiger charge is -1.89. The van der Waals surface area contributed by atoms with E-state index in [-0.39, 0.29) is 6.42 Å². The van der Waals surface area contributed by atoms with E-state index in [1.807, 2.05) is 0 Å². The standard InChI is InChI=1S/C6H6NO2S/c1-4-5(2-6(8)9)10-3-7-4/h2H2,1H3,(H,8,9). The van der Waals surface area contributed by atoms with E-state index in [2.05, 4.69) is 10.5 Å². The van der Waals surface area contributed by atoms with Crippen LogP contribution in [0.4, 0.5) is 0 Å². The molecule has 0 atom stereocenters. The van der Waals surface area contributed by atoms with E-state index < -0.39 is 5.97 Å². The van der Waals surface area contributed by atoms with Gasteiger partial charge in [-0.3, -0.25) is 4.79 Å². The van der Waals surface area contributed by atoms with Crippen LogP contribution in [-0.2, 0) is 11.2 Å². The highest BCUT2D eigenvalue weighted by molar-refractivity contribution is 7.09. The summed E-state index contributed by atoms with van der Waals surface area (Å²) in [4.78, 5) is 14.8. The van der Waals surface area contributed by atoms with Crippen LogP contribution in [0.3, 0.4) is 0 Å². The molecule has 0 aliphatic rings. The number of hydrogen-bond acceptors (Lipinski definition) is 3. The fraction of sp³-hybridized carbons (Fsp3) is 0.333. The highest BCUT2D eigenvalue weighted by atomic mass is 32.1. The maximum absolute atomic E-state index is 10.2. The van der Waals surface area contributed by atoms with E-state index in [4.69, 9.17) is 5.11 Å². The lowest BCUT2D eigenvalue weighted by Crippen LogP contribution is -1.99. The molecule has 0 saturated heterocycles. The molecule has 4 heteroatoms. The Morgan fingerprint density at radius 1 is 1.90 bits per heavy atom. The van der Waals surface area contributed by atoms with Gasteiger partial charge in [-0.15, -0.1) is 11.3 Å². The molecule has 0 amide bonds. The van der Waals surface area contributed by atoms with E-state index in [1.54, 1.807) is 6.92 Å². The predicted molar refractivity (Wildman–Crippen MR) is 37.0 cm³/mol. The van der Waals surface area contributed by atoms with Crippen LogP contribution in [0.1, 0.15) is 10.6 Å². The molecule has 0 bridgehead atoms. The van der Waals surface area contributed by atoms with Crippen LogP contribution in [0.25, 0.3) is 0 Å². The van der Waals surface area contributed by atoms with E-state index >= 15 is 0 Å². The molecule has 1 aromatic rings. The van der Waals surface area contributed by atoms with Crippen LogP contribution in [0, 0.1) is 12.4 Å². The maximum Gasteiger partial charge on any atom is 0.308 e. The van der Waals surface area contributed by atoms with Crippen LogP contribution >= 0.6 is 11.3 Å². The van der Waals surface area contributed by atoms with E-state index in [0.29, 0.717) is 0 Å². The second-order valence-corrected chi connectivity index (χ2v) is 2.76. The number of hydrogen-bond donors (Lipinski definition) is 1. The highest BCUT2D eigenvalue weighted by Crippen LogP contribution is 2.11. The molecule has 1 N–H and O–H groups in total. The molecular formula is C6H6NO2S. The Morgan fingerprint density at radius 3 is 3.00 bits per heavy atom. The van der Waals surface area contributed by atoms with Gasteiger partial charge in [-0.2, -0.15) is 0 Å². The van der Waals surface area contributed by atoms with Crippen molar-refractivity contribution in [1.29, 1.82) is 0 Å². The highest BCUT2D eigenvalue weighted by Gasteiger charge is 2.05. The van der Waals surface area contributed by atoms with Gasteiger partial charge in [0.1, 0.15) is 0 Å². The Bertz CT molecular complexity index is 244. The van der Waals surface area contributed by atoms with E-state index in [9.17, 15) is 4.79 Å². The summed E-state index contributed by atoms with van der Waals surface area (Å²) in [6.45, 7) is 1.78. The van der Waals surface area contributed by atoms with Gasteiger partial charge >= 0.3 is 5.97 Å². The molecule has 1 heterocycles. The molecule has 0 unspecified atom stereocenters. The zero-order valence-electron chi connectivity index (χ0n) is 5.42. The lowest BCUT2D eigenvalue weighted by molar-refractivity contribution is -0.136. The summed E-state index contributed by atoms with van der Waals surface area (Å²) in [6.07, 6.45) is 0.0625. The Hall–Kier alpha value is -0.900. The van der Waals surface area contributed by atoms with Crippen LogP contribution in [0.2, 0.25) is 0 Å². The second-order valence-electron chi connectivity index (χ2n) is 1.88. The number of aromatic nitrogens is 1. The van der Waals surface area contributed by atoms with Gasteiger partial charge in [0.2, 0.25) is 0 Å². The van der Waals surface area contributed by atoms with Gasteiger partial charge in [-0.05, 0) is 6.92 Å². The SMILES string of the molecule is Cc1n[c]sc1CC(=O)O. The van der Waals surface area contributed by atoms with Crippen molar-refractivity contribution in [2.24, 2.45) is 0 Å². The second kappa shape index (κ2) is 2.79. The van der Waals surface area contributed by atoms with Crippen LogP contribution in [0.15, 0.2) is 0 Å². The number of rotatable bonds is 2. The number of carboxylic acid groups (broad SMARTS) is 1. The van der Waals surface area contributed by atoms with Crippen molar-refractivity contribution in [1.82, 2.24) is 4.98 Å². The van der Waals surface area contributed by atoms with Crippen molar-refractivity contribution < 1.29 is 9.90 Å². The van der Waals surface area contributed by atoms with Gasteiger partial charge < -0.3 is 5.11 Å². The fourth-order valence-corrected chi connectivity index (χ4v) is 1.27. The predicted octanol–water partition coefficient (Wildman–Crippen LogP) is 0.879. The first-order chi connectivity index (χ1) is 4.70. The van der Waals surface area contributed by atoms with Gasteiger partial charge in [-0.25, -0.2) is 4.98 Å². The van der Waals surface area contributed by atoms with Crippen molar-refractivity contribution in [3.8, 4) is 0 Å². The van der Waals surface area contributed by atoms with Gasteiger partial charge in [0.15, 0.2) is 5.51 Å². The Balaban J connectivity index is 2.74. The minimum absolute atomic E-state index is 0.0625. The Morgan fingerprint density at radius 2 is 2.60 bits per heavy atom. The number of nitrogens with zero attached hydrogens (tertiary/aromatic N) is 1. The van der Waals surface area contributed by atoms with Crippen LogP contribution in [0.5, 0.6) is 0 Å². The lowest BCUT2D eigenvalue weighted by atomic mass is 10.3. The number of carboxylic acids is 1. The molecule has 0 aliphatic carbocycles. The van der Waals surface area contributed by atoms with Crippen molar-refractivity contribution in [2.75, 3.05) is 0 Å². The third-order valence-electron chi connectivity index (χ3n) is 1.10. The summed E-state index contributed by atoms with van der Waals surface area (Å²) in [5.41, 5.74) is 3.40. The molecule has 0 aliphatic heterocycles. The molecular weight excluding hydrogens is 150 g/mol. The smallest absolute Gasteiger partial charge is 0.308 e. The first kappa shape index (κ1) is 7.21. The number of aryl methyl sites for hydroxylation is 1.